The van der Waals surface area contributed by atoms with Gasteiger partial charge in [-0.1, -0.05) is 45.7 Å². The number of benzene rings is 2. The Kier molecular flexibility index (Phi) is 4.97. The quantitative estimate of drug-likeness (QED) is 0.766. The molecule has 2 rings (SSSR count). The third-order valence-corrected chi connectivity index (χ3v) is 3.64. The molecular weight excluding hydrogens is 329 g/mol. The molecule has 2 aromatic rings. The summed E-state index contributed by atoms with van der Waals surface area (Å²) in [6.07, 6.45) is 0. The van der Waals surface area contributed by atoms with Gasteiger partial charge in [-0.25, -0.2) is 4.39 Å². The second kappa shape index (κ2) is 6.51. The van der Waals surface area contributed by atoms with Gasteiger partial charge in [-0.15, -0.1) is 0 Å². The van der Waals surface area contributed by atoms with E-state index in [1.54, 1.807) is 12.1 Å². The second-order valence-electron chi connectivity index (χ2n) is 4.54. The van der Waals surface area contributed by atoms with E-state index in [9.17, 15) is 4.39 Å². The third kappa shape index (κ3) is 4.30. The van der Waals surface area contributed by atoms with Gasteiger partial charge < -0.3 is 0 Å². The van der Waals surface area contributed by atoms with Gasteiger partial charge in [0.25, 0.3) is 0 Å². The van der Waals surface area contributed by atoms with Crippen LogP contribution in [-0.2, 0) is 13.1 Å². The van der Waals surface area contributed by atoms with Gasteiger partial charge in [-0.3, -0.25) is 4.90 Å². The monoisotopic (exact) mass is 341 g/mol. The summed E-state index contributed by atoms with van der Waals surface area (Å²) in [4.78, 5) is 2.10. The van der Waals surface area contributed by atoms with Crippen molar-refractivity contribution >= 4 is 27.5 Å². The Bertz CT molecular complexity index is 574. The van der Waals surface area contributed by atoms with E-state index in [-0.39, 0.29) is 5.82 Å². The van der Waals surface area contributed by atoms with E-state index in [4.69, 9.17) is 11.6 Å². The number of halogens is 3. The fourth-order valence-corrected chi connectivity index (χ4v) is 2.68. The van der Waals surface area contributed by atoms with E-state index in [0.29, 0.717) is 6.54 Å². The molecule has 0 amide bonds. The van der Waals surface area contributed by atoms with Crippen molar-refractivity contribution in [1.82, 2.24) is 4.90 Å². The molecule has 0 heterocycles. The summed E-state index contributed by atoms with van der Waals surface area (Å²) in [7, 11) is 1.99. The van der Waals surface area contributed by atoms with Gasteiger partial charge in [0, 0.05) is 22.6 Å². The molecule has 19 heavy (non-hydrogen) atoms. The first-order chi connectivity index (χ1) is 9.04. The summed E-state index contributed by atoms with van der Waals surface area (Å²) in [5, 5.41) is 0.737. The summed E-state index contributed by atoms with van der Waals surface area (Å²) < 4.78 is 14.1. The van der Waals surface area contributed by atoms with Crippen LogP contribution in [0.5, 0.6) is 0 Å². The van der Waals surface area contributed by atoms with Gasteiger partial charge in [0.05, 0.1) is 0 Å². The predicted molar refractivity (Wildman–Crippen MR) is 80.7 cm³/mol. The first-order valence-electron chi connectivity index (χ1n) is 5.91. The van der Waals surface area contributed by atoms with E-state index in [0.717, 1.165) is 27.2 Å². The average Bonchev–Trinajstić information content (AvgIpc) is 2.33. The van der Waals surface area contributed by atoms with Crippen LogP contribution < -0.4 is 0 Å². The molecule has 2 aromatic carbocycles. The Hall–Kier alpha value is -0.900. The van der Waals surface area contributed by atoms with Crippen molar-refractivity contribution in [3.05, 3.63) is 68.9 Å². The topological polar surface area (TPSA) is 3.24 Å². The van der Waals surface area contributed by atoms with Crippen molar-refractivity contribution in [1.29, 1.82) is 0 Å². The normalized spacial score (nSPS) is 11.0. The molecule has 0 atom stereocenters. The maximum Gasteiger partial charge on any atom is 0.123 e. The van der Waals surface area contributed by atoms with Gasteiger partial charge in [-0.05, 0) is 42.4 Å². The molecule has 0 aliphatic carbocycles. The SMILES string of the molecule is CN(Cc1cccc(F)c1)Cc1ccc(Br)cc1Cl. The van der Waals surface area contributed by atoms with Crippen LogP contribution in [0.15, 0.2) is 46.9 Å². The molecule has 0 bridgehead atoms. The van der Waals surface area contributed by atoms with Crippen LogP contribution >= 0.6 is 27.5 Å². The molecule has 0 fully saturated rings. The van der Waals surface area contributed by atoms with Crippen LogP contribution in [0.2, 0.25) is 5.02 Å². The minimum atomic E-state index is -0.201. The van der Waals surface area contributed by atoms with Crippen molar-refractivity contribution in [2.75, 3.05) is 7.05 Å². The van der Waals surface area contributed by atoms with Gasteiger partial charge in [0.15, 0.2) is 0 Å². The highest BCUT2D eigenvalue weighted by atomic mass is 79.9. The molecule has 0 radical (unpaired) electrons. The Morgan fingerprint density at radius 2 is 1.95 bits per heavy atom. The highest BCUT2D eigenvalue weighted by molar-refractivity contribution is 9.10. The molecule has 4 heteroatoms. The highest BCUT2D eigenvalue weighted by Gasteiger charge is 2.06. The van der Waals surface area contributed by atoms with Crippen molar-refractivity contribution in [2.45, 2.75) is 13.1 Å². The van der Waals surface area contributed by atoms with E-state index in [2.05, 4.69) is 20.8 Å². The molecule has 0 aliphatic rings. The lowest BCUT2D eigenvalue weighted by Gasteiger charge is -2.17. The standard InChI is InChI=1S/C15H14BrClFN/c1-19(9-11-3-2-4-14(18)7-11)10-12-5-6-13(16)8-15(12)17/h2-8H,9-10H2,1H3. The first kappa shape index (κ1) is 14.5. The number of hydrogen-bond acceptors (Lipinski definition) is 1. The minimum Gasteiger partial charge on any atom is -0.298 e. The molecule has 0 aliphatic heterocycles. The van der Waals surface area contributed by atoms with Crippen molar-refractivity contribution in [2.24, 2.45) is 0 Å². The van der Waals surface area contributed by atoms with Crippen LogP contribution in [0, 0.1) is 5.82 Å². The van der Waals surface area contributed by atoms with Crippen LogP contribution in [0.4, 0.5) is 4.39 Å². The van der Waals surface area contributed by atoms with E-state index in [1.165, 1.54) is 6.07 Å². The summed E-state index contributed by atoms with van der Waals surface area (Å²) in [5.41, 5.74) is 2.01. The number of nitrogens with zero attached hydrogens (tertiary/aromatic N) is 1. The second-order valence-corrected chi connectivity index (χ2v) is 5.86. The minimum absolute atomic E-state index is 0.201. The Morgan fingerprint density at radius 1 is 1.16 bits per heavy atom. The van der Waals surface area contributed by atoms with Crippen LogP contribution in [-0.4, -0.2) is 11.9 Å². The summed E-state index contributed by atoms with van der Waals surface area (Å²) in [6, 6.07) is 12.5. The Morgan fingerprint density at radius 3 is 2.63 bits per heavy atom. The first-order valence-corrected chi connectivity index (χ1v) is 7.08. The largest absolute Gasteiger partial charge is 0.298 e. The van der Waals surface area contributed by atoms with Gasteiger partial charge in [0.2, 0.25) is 0 Å². The molecule has 0 unspecified atom stereocenters. The molecule has 100 valence electrons. The van der Waals surface area contributed by atoms with Crippen molar-refractivity contribution in [3.63, 3.8) is 0 Å². The molecule has 0 N–H and O–H groups in total. The predicted octanol–water partition coefficient (Wildman–Crippen LogP) is 4.87. The molecule has 1 nitrogen and oxygen atoms in total. The lowest BCUT2D eigenvalue weighted by molar-refractivity contribution is 0.318. The van der Waals surface area contributed by atoms with Gasteiger partial charge in [-0.2, -0.15) is 0 Å². The zero-order valence-corrected chi connectivity index (χ0v) is 12.9. The van der Waals surface area contributed by atoms with Crippen LogP contribution in [0.25, 0.3) is 0 Å². The van der Waals surface area contributed by atoms with Crippen LogP contribution in [0.3, 0.4) is 0 Å². The van der Waals surface area contributed by atoms with Gasteiger partial charge in [0.1, 0.15) is 5.82 Å². The maximum absolute atomic E-state index is 13.1. The number of hydrogen-bond donors (Lipinski definition) is 0. The van der Waals surface area contributed by atoms with E-state index < -0.39 is 0 Å². The smallest absolute Gasteiger partial charge is 0.123 e. The Labute approximate surface area is 126 Å². The molecular formula is C15H14BrClFN. The fourth-order valence-electron chi connectivity index (χ4n) is 1.94. The highest BCUT2D eigenvalue weighted by Crippen LogP contribution is 2.22. The summed E-state index contributed by atoms with van der Waals surface area (Å²) in [5.74, 6) is -0.201. The Balaban J connectivity index is 2.03. The zero-order chi connectivity index (χ0) is 13.8. The summed E-state index contributed by atoms with van der Waals surface area (Å²) in [6.45, 7) is 1.41. The maximum atomic E-state index is 13.1. The molecule has 0 saturated heterocycles. The lowest BCUT2D eigenvalue weighted by atomic mass is 10.2. The van der Waals surface area contributed by atoms with E-state index in [1.807, 2.05) is 31.3 Å². The lowest BCUT2D eigenvalue weighted by Crippen LogP contribution is -2.17. The van der Waals surface area contributed by atoms with Crippen molar-refractivity contribution < 1.29 is 4.39 Å². The van der Waals surface area contributed by atoms with Crippen LogP contribution in [0.1, 0.15) is 11.1 Å². The molecule has 0 aromatic heterocycles. The molecule has 0 spiro atoms. The average molecular weight is 343 g/mol. The third-order valence-electron chi connectivity index (χ3n) is 2.80. The van der Waals surface area contributed by atoms with E-state index >= 15 is 0 Å². The number of rotatable bonds is 4. The summed E-state index contributed by atoms with van der Waals surface area (Å²) >= 11 is 9.57. The zero-order valence-electron chi connectivity index (χ0n) is 10.5. The molecule has 0 saturated carbocycles. The van der Waals surface area contributed by atoms with Gasteiger partial charge >= 0.3 is 0 Å². The van der Waals surface area contributed by atoms with Crippen molar-refractivity contribution in [3.8, 4) is 0 Å². The fraction of sp³-hybridized carbons (Fsp3) is 0.200.